The Balaban J connectivity index is 1.76. The van der Waals surface area contributed by atoms with Gasteiger partial charge in [-0.1, -0.05) is 449 Å². The Bertz CT molecular complexity index is 3580. The van der Waals surface area contributed by atoms with Crippen molar-refractivity contribution in [2.24, 2.45) is 0 Å². The van der Waals surface area contributed by atoms with Crippen LogP contribution >= 0.6 is 0 Å². The number of benzene rings is 4. The molecule has 8 bridgehead atoms. The lowest BCUT2D eigenvalue weighted by molar-refractivity contribution is -0.165. The normalized spacial score (nSPS) is 11.8. The standard InChI is InChI=1S/C120H192O16/c1-9-15-19-23-27-31-35-39-43-47-51-55-59-63-67-79-131-113-103-87-99(75-71-83-129-111(121)13-5)89-105(113)96-107-91-101(77-73-85-135-119(125)117(123)127-7)93-109(115(107)133-81-69-65-61-57-53-49-45-41-37-33-29-25-21-17-11-3)98-110-94-102(78-74-86-136-120(126)118(124)128-8)92-108(116(110)134-82-70-66-62-58-54-50-46-42-38-34-30-26-22-18-12-4)97-106-90-100(76-72-84-130-112(122)14-6)88-104(95-103)114(106)132-80-68-64-60-56-52-48-44-40-36-32-28-24-20-16-10-2/h13-14,87-94H,5-6,9-12,15-86,95-98H2,1-4,7-8H3. The lowest BCUT2D eigenvalue weighted by Gasteiger charge is -2.25. The van der Waals surface area contributed by atoms with Gasteiger partial charge in [0.05, 0.1) is 67.1 Å². The molecule has 1 aliphatic carbocycles. The van der Waals surface area contributed by atoms with Crippen molar-refractivity contribution < 1.29 is 76.1 Å². The maximum absolute atomic E-state index is 12.9. The van der Waals surface area contributed by atoms with Gasteiger partial charge in [0.2, 0.25) is 0 Å². The zero-order chi connectivity index (χ0) is 97.4. The summed E-state index contributed by atoms with van der Waals surface area (Å²) in [6, 6.07) is 18.3. The molecule has 16 nitrogen and oxygen atoms in total. The van der Waals surface area contributed by atoms with E-state index in [0.29, 0.717) is 103 Å². The molecule has 768 valence electrons. The van der Waals surface area contributed by atoms with E-state index in [1.54, 1.807) is 0 Å². The van der Waals surface area contributed by atoms with Gasteiger partial charge in [0, 0.05) is 37.8 Å². The highest BCUT2D eigenvalue weighted by atomic mass is 16.6. The maximum atomic E-state index is 12.9. The lowest BCUT2D eigenvalue weighted by atomic mass is 9.87. The molecule has 0 saturated carbocycles. The van der Waals surface area contributed by atoms with Crippen LogP contribution in [-0.2, 0) is 109 Å². The van der Waals surface area contributed by atoms with Crippen LogP contribution in [0.2, 0.25) is 0 Å². The van der Waals surface area contributed by atoms with Gasteiger partial charge in [0.25, 0.3) is 0 Å². The van der Waals surface area contributed by atoms with Crippen LogP contribution in [0.4, 0.5) is 0 Å². The molecule has 0 saturated heterocycles. The minimum absolute atomic E-state index is 0.00565. The highest BCUT2D eigenvalue weighted by molar-refractivity contribution is 6.30. The molecule has 1 aliphatic rings. The average molecular weight is 1890 g/mol. The van der Waals surface area contributed by atoms with E-state index in [9.17, 15) is 28.8 Å². The Labute approximate surface area is 827 Å². The second-order valence-corrected chi connectivity index (χ2v) is 39.3. The van der Waals surface area contributed by atoms with Gasteiger partial charge in [-0.05, 0) is 144 Å². The van der Waals surface area contributed by atoms with E-state index < -0.39 is 35.8 Å². The summed E-state index contributed by atoms with van der Waals surface area (Å²) in [6.45, 7) is 19.0. The van der Waals surface area contributed by atoms with Crippen molar-refractivity contribution in [3.8, 4) is 23.0 Å². The molecule has 0 spiro atoms. The van der Waals surface area contributed by atoms with Gasteiger partial charge >= 0.3 is 35.8 Å². The van der Waals surface area contributed by atoms with Gasteiger partial charge in [-0.25, -0.2) is 28.8 Å². The van der Waals surface area contributed by atoms with Crippen LogP contribution in [0.15, 0.2) is 73.8 Å². The molecule has 136 heavy (non-hydrogen) atoms. The van der Waals surface area contributed by atoms with Crippen molar-refractivity contribution >= 4 is 35.8 Å². The molecule has 4 aromatic carbocycles. The molecule has 0 atom stereocenters. The smallest absolute Gasteiger partial charge is 0.417 e. The van der Waals surface area contributed by atoms with Gasteiger partial charge in [-0.3, -0.25) is 0 Å². The van der Waals surface area contributed by atoms with Gasteiger partial charge in [-0.15, -0.1) is 0 Å². The zero-order valence-corrected chi connectivity index (χ0v) is 87.3. The van der Waals surface area contributed by atoms with Crippen LogP contribution in [0.3, 0.4) is 0 Å². The molecule has 0 N–H and O–H groups in total. The first-order valence-corrected chi connectivity index (χ1v) is 56.0. The summed E-state index contributed by atoms with van der Waals surface area (Å²) in [5, 5.41) is 0. The molecule has 16 heteroatoms. The highest BCUT2D eigenvalue weighted by Gasteiger charge is 2.27. The molecular weight excluding hydrogens is 1700 g/mol. The molecule has 0 amide bonds. The number of ether oxygens (including phenoxy) is 10. The van der Waals surface area contributed by atoms with Crippen LogP contribution in [-0.4, -0.2) is 103 Å². The third-order valence-electron chi connectivity index (χ3n) is 27.1. The fraction of sp³-hybridized carbons (Fsp3) is 0.717. The number of carbonyl (C=O) groups is 6. The average Bonchev–Trinajstić information content (AvgIpc) is 0.781. The van der Waals surface area contributed by atoms with E-state index >= 15 is 0 Å². The summed E-state index contributed by atoms with van der Waals surface area (Å²) in [5.74, 6) is -1.83. The number of hydrogen-bond donors (Lipinski definition) is 0. The van der Waals surface area contributed by atoms with Gasteiger partial charge in [-0.2, -0.15) is 0 Å². The molecule has 5 rings (SSSR count). The second kappa shape index (κ2) is 81.1. The molecule has 0 aliphatic heterocycles. The third kappa shape index (κ3) is 56.0. The quantitative estimate of drug-likeness (QED) is 0.0117. The summed E-state index contributed by atoms with van der Waals surface area (Å²) in [4.78, 5) is 76.2. The van der Waals surface area contributed by atoms with Crippen LogP contribution in [0.5, 0.6) is 23.0 Å². The largest absolute Gasteiger partial charge is 0.493 e. The van der Waals surface area contributed by atoms with Crippen molar-refractivity contribution in [3.63, 3.8) is 0 Å². The van der Waals surface area contributed by atoms with E-state index in [2.05, 4.69) is 89.4 Å². The lowest BCUT2D eigenvalue weighted by Crippen LogP contribution is -2.19. The van der Waals surface area contributed by atoms with Crippen LogP contribution in [0, 0.1) is 0 Å². The van der Waals surface area contributed by atoms with Crippen molar-refractivity contribution in [2.75, 3.05) is 67.1 Å². The van der Waals surface area contributed by atoms with Crippen LogP contribution in [0.25, 0.3) is 0 Å². The first kappa shape index (κ1) is 119. The van der Waals surface area contributed by atoms with E-state index in [1.165, 1.54) is 335 Å². The van der Waals surface area contributed by atoms with Crippen molar-refractivity contribution in [3.05, 3.63) is 141 Å². The number of methoxy groups -OCH3 is 2. The predicted octanol–water partition coefficient (Wildman–Crippen LogP) is 32.0. The molecule has 0 unspecified atom stereocenters. The monoisotopic (exact) mass is 1890 g/mol. The number of esters is 6. The number of fused-ring (bicyclic) bond motifs is 8. The zero-order valence-electron chi connectivity index (χ0n) is 87.3. The summed E-state index contributed by atoms with van der Waals surface area (Å²) < 4.78 is 62.2. The second-order valence-electron chi connectivity index (χ2n) is 39.3. The molecular formula is C120H192O16. The molecule has 0 radical (unpaired) electrons. The number of carbonyl (C=O) groups excluding carboxylic acids is 6. The number of unbranched alkanes of at least 4 members (excludes halogenated alkanes) is 56. The highest BCUT2D eigenvalue weighted by Crippen LogP contribution is 2.43. The van der Waals surface area contributed by atoms with E-state index in [0.717, 1.165) is 167 Å². The molecule has 4 aromatic rings. The number of aryl methyl sites for hydroxylation is 4. The Kier molecular flexibility index (Phi) is 70.9. The molecule has 0 aromatic heterocycles. The SMILES string of the molecule is C=CC(=O)OCCCc1cc2c(OCCCCCCCCCCCCCCCCC)c(c1)Cc1cc(CCCOC(=O)C(=O)OC)cc(c1OCCCCCCCCCCCCCCCCC)Cc1cc(CCCOC(=O)C(=O)OC)cc(c1OCCCCCCCCCCCCCCCCC)Cc1cc(CCCOC(=O)C=C)cc(c1OCCCCCCCCCCCCCCCCC)C2. The molecule has 0 fully saturated rings. The van der Waals surface area contributed by atoms with Gasteiger partial charge in [0.15, 0.2) is 0 Å². The Morgan fingerprint density at radius 3 is 0.522 bits per heavy atom. The fourth-order valence-corrected chi connectivity index (χ4v) is 19.3. The third-order valence-corrected chi connectivity index (χ3v) is 27.1. The van der Waals surface area contributed by atoms with Gasteiger partial charge < -0.3 is 47.4 Å². The summed E-state index contributed by atoms with van der Waals surface area (Å²) in [6.07, 6.45) is 83.3. The van der Waals surface area contributed by atoms with Crippen LogP contribution < -0.4 is 18.9 Å². The fourth-order valence-electron chi connectivity index (χ4n) is 19.3. The molecule has 0 heterocycles. The minimum atomic E-state index is -1.05. The number of hydrogen-bond acceptors (Lipinski definition) is 16. The predicted molar refractivity (Wildman–Crippen MR) is 560 cm³/mol. The first-order chi connectivity index (χ1) is 66.8. The van der Waals surface area contributed by atoms with Crippen LogP contribution in [0.1, 0.15) is 505 Å². The van der Waals surface area contributed by atoms with Crippen molar-refractivity contribution in [1.82, 2.24) is 0 Å². The summed E-state index contributed by atoms with van der Waals surface area (Å²) >= 11 is 0. The number of rotatable bonds is 86. The topological polar surface area (TPSA) is 195 Å². The van der Waals surface area contributed by atoms with Crippen molar-refractivity contribution in [1.29, 1.82) is 0 Å². The summed E-state index contributed by atoms with van der Waals surface area (Å²) in [5.41, 5.74) is 12.1. The van der Waals surface area contributed by atoms with E-state index in [4.69, 9.17) is 47.4 Å². The first-order valence-electron chi connectivity index (χ1n) is 56.0. The Morgan fingerprint density at radius 2 is 0.368 bits per heavy atom. The summed E-state index contributed by atoms with van der Waals surface area (Å²) in [7, 11) is 2.36. The Hall–Kier alpha value is -7.62. The Morgan fingerprint density at radius 1 is 0.213 bits per heavy atom. The minimum Gasteiger partial charge on any atom is -0.493 e. The van der Waals surface area contributed by atoms with Gasteiger partial charge in [0.1, 0.15) is 23.0 Å². The maximum Gasteiger partial charge on any atom is 0.417 e. The van der Waals surface area contributed by atoms with Crippen molar-refractivity contribution in [2.45, 2.75) is 490 Å². The van der Waals surface area contributed by atoms with E-state index in [-0.39, 0.29) is 26.4 Å². The van der Waals surface area contributed by atoms with E-state index in [1.807, 2.05) is 0 Å².